The third kappa shape index (κ3) is 1.36. The molecule has 16 heavy (non-hydrogen) atoms. The number of carbonyl (C=O) groups excluding carboxylic acids is 1. The molecule has 0 atom stereocenters. The normalized spacial score (nSPS) is 15.3. The van der Waals surface area contributed by atoms with Gasteiger partial charge in [-0.25, -0.2) is 14.8 Å². The fourth-order valence-corrected chi connectivity index (χ4v) is 1.76. The average molecular weight is 217 g/mol. The number of fused-ring (bicyclic) bond motifs is 1. The molecule has 0 unspecified atom stereocenters. The van der Waals surface area contributed by atoms with E-state index in [1.807, 2.05) is 0 Å². The first kappa shape index (κ1) is 9.33. The molecule has 1 N–H and O–H groups in total. The number of rotatable bonds is 2. The summed E-state index contributed by atoms with van der Waals surface area (Å²) in [5, 5.41) is 0. The van der Waals surface area contributed by atoms with E-state index in [0.717, 1.165) is 18.7 Å². The second-order valence-electron chi connectivity index (χ2n) is 3.95. The number of hydrogen-bond donors (Lipinski definition) is 1. The van der Waals surface area contributed by atoms with Crippen LogP contribution in [0.4, 0.5) is 0 Å². The van der Waals surface area contributed by atoms with Crippen LogP contribution in [0.15, 0.2) is 12.3 Å². The standard InChI is InChI=1S/C11H11N3O2/c1-16-11(15)7-4-5-12-10-8(7)13-9(14-10)6-2-3-6/h4-6H,2-3H2,1H3,(H,12,13,14). The van der Waals surface area contributed by atoms with E-state index in [4.69, 9.17) is 4.74 Å². The van der Waals surface area contributed by atoms with Gasteiger partial charge in [0.05, 0.1) is 18.2 Å². The Labute approximate surface area is 91.9 Å². The smallest absolute Gasteiger partial charge is 0.340 e. The highest BCUT2D eigenvalue weighted by Gasteiger charge is 2.27. The van der Waals surface area contributed by atoms with Crippen molar-refractivity contribution in [2.24, 2.45) is 0 Å². The van der Waals surface area contributed by atoms with Crippen LogP contribution in [-0.4, -0.2) is 28.0 Å². The van der Waals surface area contributed by atoms with E-state index < -0.39 is 0 Å². The van der Waals surface area contributed by atoms with E-state index in [-0.39, 0.29) is 5.97 Å². The number of H-pyrrole nitrogens is 1. The predicted molar refractivity (Wildman–Crippen MR) is 57.2 cm³/mol. The zero-order valence-corrected chi connectivity index (χ0v) is 8.86. The van der Waals surface area contributed by atoms with Crippen LogP contribution in [0.1, 0.15) is 34.9 Å². The summed E-state index contributed by atoms with van der Waals surface area (Å²) in [5.74, 6) is 1.08. The molecule has 5 nitrogen and oxygen atoms in total. The van der Waals surface area contributed by atoms with Crippen molar-refractivity contribution >= 4 is 17.1 Å². The van der Waals surface area contributed by atoms with Gasteiger partial charge in [-0.15, -0.1) is 0 Å². The summed E-state index contributed by atoms with van der Waals surface area (Å²) >= 11 is 0. The molecule has 0 spiro atoms. The van der Waals surface area contributed by atoms with Crippen LogP contribution in [0, 0.1) is 0 Å². The van der Waals surface area contributed by atoms with Crippen LogP contribution in [0.5, 0.6) is 0 Å². The fraction of sp³-hybridized carbons (Fsp3) is 0.364. The van der Waals surface area contributed by atoms with E-state index in [1.54, 1.807) is 12.3 Å². The van der Waals surface area contributed by atoms with Crippen molar-refractivity contribution in [2.45, 2.75) is 18.8 Å². The number of nitrogens with one attached hydrogen (secondary N) is 1. The average Bonchev–Trinajstić information content (AvgIpc) is 3.07. The topological polar surface area (TPSA) is 67.9 Å². The lowest BCUT2D eigenvalue weighted by atomic mass is 10.2. The molecule has 1 fully saturated rings. The quantitative estimate of drug-likeness (QED) is 0.776. The van der Waals surface area contributed by atoms with Crippen LogP contribution >= 0.6 is 0 Å². The molecule has 3 rings (SSSR count). The lowest BCUT2D eigenvalue weighted by molar-refractivity contribution is 0.0602. The maximum absolute atomic E-state index is 11.5. The van der Waals surface area contributed by atoms with Gasteiger partial charge in [-0.2, -0.15) is 0 Å². The number of methoxy groups -OCH3 is 1. The van der Waals surface area contributed by atoms with Crippen molar-refractivity contribution in [1.82, 2.24) is 15.0 Å². The van der Waals surface area contributed by atoms with Gasteiger partial charge in [0.25, 0.3) is 0 Å². The van der Waals surface area contributed by atoms with Crippen LogP contribution in [0.2, 0.25) is 0 Å². The molecule has 1 aliphatic rings. The Kier molecular flexibility index (Phi) is 1.92. The van der Waals surface area contributed by atoms with Gasteiger partial charge in [0.2, 0.25) is 0 Å². The lowest BCUT2D eigenvalue weighted by Gasteiger charge is -1.98. The molecule has 2 aromatic rings. The summed E-state index contributed by atoms with van der Waals surface area (Å²) in [5.41, 5.74) is 1.76. The predicted octanol–water partition coefficient (Wildman–Crippen LogP) is 1.62. The van der Waals surface area contributed by atoms with Gasteiger partial charge in [0.1, 0.15) is 5.82 Å². The highest BCUT2D eigenvalue weighted by molar-refractivity contribution is 6.00. The van der Waals surface area contributed by atoms with Gasteiger partial charge in [0.15, 0.2) is 5.65 Å². The highest BCUT2D eigenvalue weighted by atomic mass is 16.5. The molecule has 0 radical (unpaired) electrons. The Hall–Kier alpha value is -1.91. The molecular formula is C11H11N3O2. The summed E-state index contributed by atoms with van der Waals surface area (Å²) in [6.07, 6.45) is 3.90. The van der Waals surface area contributed by atoms with Crippen molar-refractivity contribution in [3.63, 3.8) is 0 Å². The van der Waals surface area contributed by atoms with E-state index in [0.29, 0.717) is 22.6 Å². The van der Waals surface area contributed by atoms with E-state index in [9.17, 15) is 4.79 Å². The number of imidazole rings is 1. The number of esters is 1. The minimum absolute atomic E-state index is 0.363. The minimum Gasteiger partial charge on any atom is -0.465 e. The number of carbonyl (C=O) groups is 1. The number of ether oxygens (including phenoxy) is 1. The molecule has 2 aromatic heterocycles. The Balaban J connectivity index is 2.17. The molecule has 82 valence electrons. The molecule has 0 amide bonds. The van der Waals surface area contributed by atoms with Crippen molar-refractivity contribution in [3.8, 4) is 0 Å². The van der Waals surface area contributed by atoms with Crippen LogP contribution in [0.25, 0.3) is 11.2 Å². The van der Waals surface area contributed by atoms with E-state index in [1.165, 1.54) is 7.11 Å². The summed E-state index contributed by atoms with van der Waals surface area (Å²) in [4.78, 5) is 23.2. The molecule has 0 saturated heterocycles. The van der Waals surface area contributed by atoms with Gasteiger partial charge >= 0.3 is 5.97 Å². The first-order valence-corrected chi connectivity index (χ1v) is 5.22. The maximum atomic E-state index is 11.5. The monoisotopic (exact) mass is 217 g/mol. The zero-order valence-electron chi connectivity index (χ0n) is 8.86. The van der Waals surface area contributed by atoms with Gasteiger partial charge in [-0.3, -0.25) is 0 Å². The lowest BCUT2D eigenvalue weighted by Crippen LogP contribution is -2.02. The summed E-state index contributed by atoms with van der Waals surface area (Å²) < 4.78 is 4.72. The number of pyridine rings is 1. The molecule has 0 aliphatic heterocycles. The zero-order chi connectivity index (χ0) is 11.1. The largest absolute Gasteiger partial charge is 0.465 e. The van der Waals surface area contributed by atoms with Crippen LogP contribution in [0.3, 0.4) is 0 Å². The summed E-state index contributed by atoms with van der Waals surface area (Å²) in [6.45, 7) is 0. The number of aromatic amines is 1. The maximum Gasteiger partial charge on any atom is 0.340 e. The first-order chi connectivity index (χ1) is 7.79. The molecular weight excluding hydrogens is 206 g/mol. The van der Waals surface area contributed by atoms with E-state index in [2.05, 4.69) is 15.0 Å². The molecule has 0 aromatic carbocycles. The molecule has 5 heteroatoms. The van der Waals surface area contributed by atoms with E-state index >= 15 is 0 Å². The molecule has 2 heterocycles. The van der Waals surface area contributed by atoms with Crippen molar-refractivity contribution in [2.75, 3.05) is 7.11 Å². The van der Waals surface area contributed by atoms with Crippen LogP contribution in [-0.2, 0) is 4.74 Å². The molecule has 1 aliphatic carbocycles. The number of aromatic nitrogens is 3. The molecule has 0 bridgehead atoms. The summed E-state index contributed by atoms with van der Waals surface area (Å²) in [6, 6.07) is 1.64. The molecule has 1 saturated carbocycles. The number of hydrogen-bond acceptors (Lipinski definition) is 4. The third-order valence-corrected chi connectivity index (χ3v) is 2.78. The van der Waals surface area contributed by atoms with Gasteiger partial charge in [0, 0.05) is 12.1 Å². The van der Waals surface area contributed by atoms with Gasteiger partial charge in [-0.1, -0.05) is 0 Å². The van der Waals surface area contributed by atoms with Gasteiger partial charge < -0.3 is 9.72 Å². The SMILES string of the molecule is COC(=O)c1ccnc2nc(C3CC3)[nH]c12. The van der Waals surface area contributed by atoms with Gasteiger partial charge in [-0.05, 0) is 18.9 Å². The first-order valence-electron chi connectivity index (χ1n) is 5.22. The van der Waals surface area contributed by atoms with Crippen molar-refractivity contribution < 1.29 is 9.53 Å². The minimum atomic E-state index is -0.363. The Bertz CT molecular complexity index is 557. The second kappa shape index (κ2) is 3.30. The highest BCUT2D eigenvalue weighted by Crippen LogP contribution is 2.39. The third-order valence-electron chi connectivity index (χ3n) is 2.78. The van der Waals surface area contributed by atoms with Crippen LogP contribution < -0.4 is 0 Å². The summed E-state index contributed by atoms with van der Waals surface area (Å²) in [7, 11) is 1.37. The number of nitrogens with zero attached hydrogens (tertiary/aromatic N) is 2. The second-order valence-corrected chi connectivity index (χ2v) is 3.95. The fourth-order valence-electron chi connectivity index (χ4n) is 1.76. The Morgan fingerprint density at radius 3 is 3.06 bits per heavy atom. The van der Waals surface area contributed by atoms with Crippen molar-refractivity contribution in [1.29, 1.82) is 0 Å². The Morgan fingerprint density at radius 1 is 1.56 bits per heavy atom. The van der Waals surface area contributed by atoms with Crippen molar-refractivity contribution in [3.05, 3.63) is 23.7 Å². The Morgan fingerprint density at radius 2 is 2.38 bits per heavy atom.